The Morgan fingerprint density at radius 2 is 1.93 bits per heavy atom. The van der Waals surface area contributed by atoms with Crippen LogP contribution in [0.1, 0.15) is 38.8 Å². The van der Waals surface area contributed by atoms with Crippen LogP contribution in [0, 0.1) is 23.2 Å². The lowest BCUT2D eigenvalue weighted by atomic mass is 9.88. The minimum atomic E-state index is -0.472. The predicted octanol–water partition coefficient (Wildman–Crippen LogP) is 4.50. The normalized spacial score (nSPS) is 14.7. The SMILES string of the molecule is C/C=C\C(C#N)=C/C(C)C(C)Cc1ccc(CN=C/C(=C\N)C(=O)OCC)cc1. The van der Waals surface area contributed by atoms with Gasteiger partial charge in [0.05, 0.1) is 24.8 Å². The molecule has 1 aromatic carbocycles. The maximum atomic E-state index is 11.7. The highest BCUT2D eigenvalue weighted by Crippen LogP contribution is 2.20. The Balaban J connectivity index is 2.67. The number of aliphatic imine (C=N–C) groups is 1. The Kier molecular flexibility index (Phi) is 10.8. The first-order valence-corrected chi connectivity index (χ1v) is 9.86. The van der Waals surface area contributed by atoms with Crippen LogP contribution in [0.4, 0.5) is 0 Å². The van der Waals surface area contributed by atoms with Gasteiger partial charge in [0.1, 0.15) is 0 Å². The van der Waals surface area contributed by atoms with Gasteiger partial charge in [0.25, 0.3) is 0 Å². The number of rotatable bonds is 10. The minimum absolute atomic E-state index is 0.244. The van der Waals surface area contributed by atoms with Crippen molar-refractivity contribution in [3.05, 3.63) is 71.0 Å². The van der Waals surface area contributed by atoms with Gasteiger partial charge in [0, 0.05) is 18.0 Å². The van der Waals surface area contributed by atoms with E-state index >= 15 is 0 Å². The second-order valence-corrected chi connectivity index (χ2v) is 6.90. The summed E-state index contributed by atoms with van der Waals surface area (Å²) in [5.74, 6) is 0.240. The average Bonchev–Trinajstić information content (AvgIpc) is 2.72. The summed E-state index contributed by atoms with van der Waals surface area (Å²) in [5, 5.41) is 9.17. The molecule has 0 aliphatic carbocycles. The van der Waals surface area contributed by atoms with Gasteiger partial charge in [-0.1, -0.05) is 50.3 Å². The molecule has 0 aliphatic heterocycles. The molecule has 0 fully saturated rings. The second kappa shape index (κ2) is 13.1. The first-order valence-electron chi connectivity index (χ1n) is 9.86. The molecule has 2 unspecified atom stereocenters. The van der Waals surface area contributed by atoms with Crippen molar-refractivity contribution in [3.63, 3.8) is 0 Å². The summed E-state index contributed by atoms with van der Waals surface area (Å²) in [7, 11) is 0. The maximum Gasteiger partial charge on any atom is 0.341 e. The van der Waals surface area contributed by atoms with E-state index in [2.05, 4.69) is 37.0 Å². The topological polar surface area (TPSA) is 88.5 Å². The first kappa shape index (κ1) is 23.9. The molecule has 2 N–H and O–H groups in total. The lowest BCUT2D eigenvalue weighted by Gasteiger charge is -2.17. The zero-order valence-corrected chi connectivity index (χ0v) is 17.8. The zero-order chi connectivity index (χ0) is 21.6. The van der Waals surface area contributed by atoms with Crippen molar-refractivity contribution >= 4 is 12.2 Å². The number of esters is 1. The third-order valence-electron chi connectivity index (χ3n) is 4.59. The summed E-state index contributed by atoms with van der Waals surface area (Å²) in [6, 6.07) is 10.5. The number of nitrogens with zero attached hydrogens (tertiary/aromatic N) is 2. The number of carbonyl (C=O) groups excluding carboxylic acids is 1. The van der Waals surface area contributed by atoms with Gasteiger partial charge in [-0.25, -0.2) is 4.79 Å². The molecule has 0 aromatic heterocycles. The largest absolute Gasteiger partial charge is 0.462 e. The Morgan fingerprint density at radius 1 is 1.28 bits per heavy atom. The Hall–Kier alpha value is -3.13. The molecule has 0 radical (unpaired) electrons. The Bertz CT molecular complexity index is 812. The standard InChI is InChI=1S/C24H31N3O2/c1-5-7-22(14-25)13-19(4)18(3)12-20-8-10-21(11-9-20)16-27-17-23(15-26)24(28)29-6-2/h5,7-11,13,15,17-19H,6,12,16,26H2,1-4H3/b7-5-,22-13+,23-15+,27-17?. The number of nitrogens with two attached hydrogens (primary N) is 1. The van der Waals surface area contributed by atoms with Crippen LogP contribution in [0.3, 0.4) is 0 Å². The van der Waals surface area contributed by atoms with Gasteiger partial charge in [0.2, 0.25) is 0 Å². The summed E-state index contributed by atoms with van der Waals surface area (Å²) in [6.45, 7) is 8.75. The van der Waals surface area contributed by atoms with Gasteiger partial charge >= 0.3 is 5.97 Å². The highest BCUT2D eigenvalue weighted by molar-refractivity contribution is 6.09. The van der Waals surface area contributed by atoms with Crippen molar-refractivity contribution in [2.75, 3.05) is 6.61 Å². The predicted molar refractivity (Wildman–Crippen MR) is 118 cm³/mol. The number of carbonyl (C=O) groups is 1. The van der Waals surface area contributed by atoms with Crippen LogP contribution in [0.5, 0.6) is 0 Å². The third kappa shape index (κ3) is 8.61. The van der Waals surface area contributed by atoms with Crippen molar-refractivity contribution in [1.82, 2.24) is 0 Å². The monoisotopic (exact) mass is 393 g/mol. The number of benzene rings is 1. The van der Waals surface area contributed by atoms with Crippen LogP contribution in [-0.4, -0.2) is 18.8 Å². The number of nitriles is 1. The van der Waals surface area contributed by atoms with Crippen LogP contribution >= 0.6 is 0 Å². The molecular formula is C24H31N3O2. The molecule has 0 saturated heterocycles. The molecule has 154 valence electrons. The molecule has 0 saturated carbocycles. The van der Waals surface area contributed by atoms with E-state index < -0.39 is 5.97 Å². The third-order valence-corrected chi connectivity index (χ3v) is 4.59. The van der Waals surface area contributed by atoms with Crippen molar-refractivity contribution in [3.8, 4) is 6.07 Å². The number of hydrogen-bond donors (Lipinski definition) is 1. The molecule has 5 nitrogen and oxygen atoms in total. The molecule has 0 spiro atoms. The average molecular weight is 394 g/mol. The highest BCUT2D eigenvalue weighted by Gasteiger charge is 2.11. The molecule has 2 atom stereocenters. The minimum Gasteiger partial charge on any atom is -0.462 e. The molecular weight excluding hydrogens is 362 g/mol. The van der Waals surface area contributed by atoms with E-state index in [9.17, 15) is 4.79 Å². The van der Waals surface area contributed by atoms with E-state index in [1.54, 1.807) is 6.92 Å². The first-order chi connectivity index (χ1) is 13.9. The summed E-state index contributed by atoms with van der Waals surface area (Å²) >= 11 is 0. The number of allylic oxidation sites excluding steroid dienone is 4. The Labute approximate surface area is 174 Å². The van der Waals surface area contributed by atoms with Crippen LogP contribution in [0.25, 0.3) is 0 Å². The van der Waals surface area contributed by atoms with Crippen molar-refractivity contribution in [2.45, 2.75) is 40.7 Å². The van der Waals surface area contributed by atoms with E-state index in [4.69, 9.17) is 15.7 Å². The smallest absolute Gasteiger partial charge is 0.341 e. The molecule has 29 heavy (non-hydrogen) atoms. The highest BCUT2D eigenvalue weighted by atomic mass is 16.5. The molecule has 0 bridgehead atoms. The molecule has 0 amide bonds. The number of hydrogen-bond acceptors (Lipinski definition) is 5. The Morgan fingerprint density at radius 3 is 2.48 bits per heavy atom. The summed E-state index contributed by atoms with van der Waals surface area (Å²) in [5.41, 5.74) is 8.68. The summed E-state index contributed by atoms with van der Waals surface area (Å²) in [4.78, 5) is 15.9. The van der Waals surface area contributed by atoms with Gasteiger partial charge < -0.3 is 10.5 Å². The van der Waals surface area contributed by atoms with E-state index in [1.807, 2.05) is 37.3 Å². The van der Waals surface area contributed by atoms with Gasteiger partial charge in [-0.15, -0.1) is 0 Å². The quantitative estimate of drug-likeness (QED) is 0.208. The molecule has 1 rings (SSSR count). The fourth-order valence-electron chi connectivity index (χ4n) is 2.72. The molecule has 0 heterocycles. The molecule has 0 aliphatic rings. The van der Waals surface area contributed by atoms with Crippen LogP contribution in [0.2, 0.25) is 0 Å². The van der Waals surface area contributed by atoms with Gasteiger partial charge in [-0.2, -0.15) is 5.26 Å². The van der Waals surface area contributed by atoms with Crippen LogP contribution in [0.15, 0.2) is 64.8 Å². The fourth-order valence-corrected chi connectivity index (χ4v) is 2.72. The van der Waals surface area contributed by atoms with E-state index in [-0.39, 0.29) is 5.57 Å². The molecule has 1 aromatic rings. The lowest BCUT2D eigenvalue weighted by molar-refractivity contribution is -0.137. The van der Waals surface area contributed by atoms with Gasteiger partial charge in [0.15, 0.2) is 0 Å². The van der Waals surface area contributed by atoms with E-state index in [1.165, 1.54) is 18.0 Å². The van der Waals surface area contributed by atoms with Crippen molar-refractivity contribution < 1.29 is 9.53 Å². The molecule has 5 heteroatoms. The van der Waals surface area contributed by atoms with Gasteiger partial charge in [-0.05, 0) is 49.3 Å². The van der Waals surface area contributed by atoms with Crippen LogP contribution < -0.4 is 5.73 Å². The van der Waals surface area contributed by atoms with E-state index in [0.29, 0.717) is 30.6 Å². The second-order valence-electron chi connectivity index (χ2n) is 6.90. The lowest BCUT2D eigenvalue weighted by Crippen LogP contribution is -2.10. The van der Waals surface area contributed by atoms with Crippen LogP contribution in [-0.2, 0) is 22.5 Å². The van der Waals surface area contributed by atoms with Crippen molar-refractivity contribution in [2.24, 2.45) is 22.6 Å². The maximum absolute atomic E-state index is 11.7. The van der Waals surface area contributed by atoms with E-state index in [0.717, 1.165) is 12.0 Å². The fraction of sp³-hybridized carbons (Fsp3) is 0.375. The zero-order valence-electron chi connectivity index (χ0n) is 17.8. The van der Waals surface area contributed by atoms with Crippen molar-refractivity contribution in [1.29, 1.82) is 5.26 Å². The summed E-state index contributed by atoms with van der Waals surface area (Å²) < 4.78 is 4.91. The number of ether oxygens (including phenoxy) is 1. The summed E-state index contributed by atoms with van der Waals surface area (Å²) in [6.07, 6.45) is 9.33. The van der Waals surface area contributed by atoms with Gasteiger partial charge in [-0.3, -0.25) is 4.99 Å².